The highest BCUT2D eigenvalue weighted by atomic mass is 32.1. The van der Waals surface area contributed by atoms with Crippen LogP contribution in [-0.4, -0.2) is 24.2 Å². The molecule has 5 heteroatoms. The largest absolute Gasteiger partial charge is 0.462 e. The van der Waals surface area contributed by atoms with Gasteiger partial charge in [-0.25, -0.2) is 4.79 Å². The van der Waals surface area contributed by atoms with E-state index in [9.17, 15) is 4.79 Å². The first-order valence-electron chi connectivity index (χ1n) is 9.40. The van der Waals surface area contributed by atoms with Crippen LogP contribution in [0.2, 0.25) is 0 Å². The smallest absolute Gasteiger partial charge is 0.338 e. The van der Waals surface area contributed by atoms with Gasteiger partial charge in [0.05, 0.1) is 12.2 Å². The molecule has 27 heavy (non-hydrogen) atoms. The zero-order valence-electron chi connectivity index (χ0n) is 16.2. The van der Waals surface area contributed by atoms with Crippen molar-refractivity contribution in [3.8, 4) is 0 Å². The normalized spacial score (nSPS) is 11.5. The van der Waals surface area contributed by atoms with Crippen molar-refractivity contribution in [2.75, 3.05) is 18.5 Å². The second-order valence-electron chi connectivity index (χ2n) is 6.55. The molecular formula is C22H28N2O2S. The topological polar surface area (TPSA) is 50.4 Å². The Morgan fingerprint density at radius 3 is 2.56 bits per heavy atom. The monoisotopic (exact) mass is 384 g/mol. The van der Waals surface area contributed by atoms with Crippen LogP contribution in [0.15, 0.2) is 48.5 Å². The fourth-order valence-corrected chi connectivity index (χ4v) is 3.00. The molecule has 0 fully saturated rings. The maximum atomic E-state index is 11.9. The summed E-state index contributed by atoms with van der Waals surface area (Å²) >= 11 is 5.45. The maximum Gasteiger partial charge on any atom is 0.338 e. The molecule has 0 aliphatic rings. The lowest BCUT2D eigenvalue weighted by Gasteiger charge is -2.18. The van der Waals surface area contributed by atoms with Crippen molar-refractivity contribution in [1.29, 1.82) is 0 Å². The zero-order chi connectivity index (χ0) is 19.6. The van der Waals surface area contributed by atoms with Crippen LogP contribution in [0.3, 0.4) is 0 Å². The minimum atomic E-state index is -0.326. The number of thiocarbonyl (C=S) groups is 1. The number of aryl methyl sites for hydroxylation is 1. The minimum absolute atomic E-state index is 0.326. The van der Waals surface area contributed by atoms with Crippen molar-refractivity contribution in [2.24, 2.45) is 5.92 Å². The van der Waals surface area contributed by atoms with Crippen LogP contribution in [0.25, 0.3) is 0 Å². The molecule has 0 saturated carbocycles. The average Bonchev–Trinajstić information content (AvgIpc) is 2.67. The summed E-state index contributed by atoms with van der Waals surface area (Å²) in [7, 11) is 0. The molecule has 0 bridgehead atoms. The Bertz CT molecular complexity index is 762. The van der Waals surface area contributed by atoms with Crippen LogP contribution < -0.4 is 10.6 Å². The fourth-order valence-electron chi connectivity index (χ4n) is 2.81. The highest BCUT2D eigenvalue weighted by Crippen LogP contribution is 2.18. The molecule has 2 aromatic rings. The first-order valence-corrected chi connectivity index (χ1v) is 9.80. The van der Waals surface area contributed by atoms with Gasteiger partial charge in [-0.2, -0.15) is 0 Å². The third-order valence-electron chi connectivity index (χ3n) is 4.49. The average molecular weight is 385 g/mol. The van der Waals surface area contributed by atoms with Crippen LogP contribution in [-0.2, 0) is 11.2 Å². The number of nitrogens with one attached hydrogen (secondary N) is 2. The van der Waals surface area contributed by atoms with E-state index in [-0.39, 0.29) is 5.97 Å². The van der Waals surface area contributed by atoms with E-state index in [0.29, 0.717) is 23.2 Å². The molecular weight excluding hydrogens is 356 g/mol. The lowest BCUT2D eigenvalue weighted by atomic mass is 9.97. The Morgan fingerprint density at radius 1 is 1.15 bits per heavy atom. The molecule has 2 rings (SSSR count). The predicted octanol–water partition coefficient (Wildman–Crippen LogP) is 4.73. The second-order valence-corrected chi connectivity index (χ2v) is 6.96. The molecule has 0 radical (unpaired) electrons. The van der Waals surface area contributed by atoms with Crippen LogP contribution in [0, 0.1) is 12.8 Å². The predicted molar refractivity (Wildman–Crippen MR) is 115 cm³/mol. The number of hydrogen-bond donors (Lipinski definition) is 2. The summed E-state index contributed by atoms with van der Waals surface area (Å²) in [5.41, 5.74) is 3.68. The molecule has 0 aliphatic heterocycles. The van der Waals surface area contributed by atoms with Crippen molar-refractivity contribution < 1.29 is 9.53 Å². The number of benzene rings is 2. The molecule has 0 heterocycles. The van der Waals surface area contributed by atoms with Crippen molar-refractivity contribution in [3.63, 3.8) is 0 Å². The summed E-state index contributed by atoms with van der Waals surface area (Å²) < 4.78 is 5.06. The van der Waals surface area contributed by atoms with Gasteiger partial charge in [0.2, 0.25) is 0 Å². The molecule has 2 N–H and O–H groups in total. The molecule has 0 aromatic heterocycles. The fraction of sp³-hybridized carbons (Fsp3) is 0.364. The summed E-state index contributed by atoms with van der Waals surface area (Å²) in [6.07, 6.45) is 2.09. The Labute approximate surface area is 167 Å². The molecule has 0 aliphatic carbocycles. The van der Waals surface area contributed by atoms with E-state index in [0.717, 1.165) is 30.6 Å². The standard InChI is InChI=1S/C22H28N2O2S/c1-4-17(13-18-9-7-6-8-10-18)15-23-22(27)24-20-14-19(12-11-16(20)3)21(25)26-5-2/h6-12,14,17H,4-5,13,15H2,1-3H3,(H2,23,24,27). The number of esters is 1. The summed E-state index contributed by atoms with van der Waals surface area (Å²) in [6.45, 7) is 7.12. The third kappa shape index (κ3) is 6.68. The Hall–Kier alpha value is -2.40. The molecule has 2 aromatic carbocycles. The Morgan fingerprint density at radius 2 is 1.89 bits per heavy atom. The van der Waals surface area contributed by atoms with Crippen molar-refractivity contribution >= 4 is 29.0 Å². The first-order chi connectivity index (χ1) is 13.0. The van der Waals surface area contributed by atoms with Gasteiger partial charge in [0.15, 0.2) is 5.11 Å². The van der Waals surface area contributed by atoms with Crippen molar-refractivity contribution in [1.82, 2.24) is 5.32 Å². The van der Waals surface area contributed by atoms with E-state index in [2.05, 4.69) is 41.8 Å². The molecule has 144 valence electrons. The number of hydrogen-bond acceptors (Lipinski definition) is 3. The minimum Gasteiger partial charge on any atom is -0.462 e. The van der Waals surface area contributed by atoms with Crippen molar-refractivity contribution in [2.45, 2.75) is 33.6 Å². The van der Waals surface area contributed by atoms with Gasteiger partial charge in [0.25, 0.3) is 0 Å². The zero-order valence-corrected chi connectivity index (χ0v) is 17.1. The SMILES string of the molecule is CCOC(=O)c1ccc(C)c(NC(=S)NCC(CC)Cc2ccccc2)c1. The van der Waals surface area contributed by atoms with Crippen molar-refractivity contribution in [3.05, 3.63) is 65.2 Å². The lowest BCUT2D eigenvalue weighted by Crippen LogP contribution is -2.33. The van der Waals surface area contributed by atoms with Crippen LogP contribution in [0.1, 0.15) is 41.8 Å². The number of carbonyl (C=O) groups excluding carboxylic acids is 1. The first kappa shape index (κ1) is 20.9. The van der Waals surface area contributed by atoms with Gasteiger partial charge in [-0.1, -0.05) is 49.7 Å². The van der Waals surface area contributed by atoms with Gasteiger partial charge in [0.1, 0.15) is 0 Å². The Kier molecular flexibility index (Phi) is 8.27. The van der Waals surface area contributed by atoms with Gasteiger partial charge in [-0.05, 0) is 61.7 Å². The molecule has 1 atom stereocenters. The number of rotatable bonds is 8. The summed E-state index contributed by atoms with van der Waals surface area (Å²) in [4.78, 5) is 11.9. The highest BCUT2D eigenvalue weighted by Gasteiger charge is 2.11. The molecule has 0 saturated heterocycles. The van der Waals surface area contributed by atoms with Gasteiger partial charge in [-0.3, -0.25) is 0 Å². The van der Waals surface area contributed by atoms with E-state index >= 15 is 0 Å². The molecule has 1 unspecified atom stereocenters. The van der Waals surface area contributed by atoms with Gasteiger partial charge in [0, 0.05) is 12.2 Å². The molecule has 0 spiro atoms. The summed E-state index contributed by atoms with van der Waals surface area (Å²) in [5.74, 6) is 0.174. The maximum absolute atomic E-state index is 11.9. The summed E-state index contributed by atoms with van der Waals surface area (Å²) in [6, 6.07) is 15.9. The number of anilines is 1. The van der Waals surface area contributed by atoms with E-state index in [1.807, 2.05) is 19.1 Å². The van der Waals surface area contributed by atoms with Crippen LogP contribution in [0.4, 0.5) is 5.69 Å². The van der Waals surface area contributed by atoms with Crippen LogP contribution >= 0.6 is 12.2 Å². The summed E-state index contributed by atoms with van der Waals surface area (Å²) in [5, 5.41) is 7.07. The Balaban J connectivity index is 1.92. The number of ether oxygens (including phenoxy) is 1. The van der Waals surface area contributed by atoms with E-state index < -0.39 is 0 Å². The van der Waals surface area contributed by atoms with Gasteiger partial charge in [-0.15, -0.1) is 0 Å². The quantitative estimate of drug-likeness (QED) is 0.509. The van der Waals surface area contributed by atoms with E-state index in [1.54, 1.807) is 19.1 Å². The van der Waals surface area contributed by atoms with Crippen LogP contribution in [0.5, 0.6) is 0 Å². The third-order valence-corrected chi connectivity index (χ3v) is 4.74. The lowest BCUT2D eigenvalue weighted by molar-refractivity contribution is 0.0526. The molecule has 0 amide bonds. The van der Waals surface area contributed by atoms with E-state index in [1.165, 1.54) is 5.56 Å². The molecule has 4 nitrogen and oxygen atoms in total. The second kappa shape index (κ2) is 10.7. The van der Waals surface area contributed by atoms with E-state index in [4.69, 9.17) is 17.0 Å². The highest BCUT2D eigenvalue weighted by molar-refractivity contribution is 7.80. The van der Waals surface area contributed by atoms with Gasteiger partial charge < -0.3 is 15.4 Å². The van der Waals surface area contributed by atoms with Gasteiger partial charge >= 0.3 is 5.97 Å². The number of carbonyl (C=O) groups is 1.